The van der Waals surface area contributed by atoms with E-state index in [-0.39, 0.29) is 54.0 Å². The van der Waals surface area contributed by atoms with Gasteiger partial charge in [0.15, 0.2) is 0 Å². The molecule has 3 N–H and O–H groups in total. The van der Waals surface area contributed by atoms with E-state index in [9.17, 15) is 40.7 Å². The van der Waals surface area contributed by atoms with Crippen molar-refractivity contribution in [3.05, 3.63) is 83.7 Å². The molecule has 1 aliphatic heterocycles. The lowest BCUT2D eigenvalue weighted by Crippen LogP contribution is -2.48. The largest absolute Gasteiger partial charge is 0.488 e. The summed E-state index contributed by atoms with van der Waals surface area (Å²) in [6.07, 6.45) is -5.47. The fourth-order valence-corrected chi connectivity index (χ4v) is 6.08. The number of fused-ring (bicyclic) bond motifs is 1. The van der Waals surface area contributed by atoms with E-state index >= 15 is 0 Å². The van der Waals surface area contributed by atoms with E-state index in [1.165, 1.54) is 30.1 Å². The smallest absolute Gasteiger partial charge is 0.416 e. The van der Waals surface area contributed by atoms with Crippen molar-refractivity contribution >= 4 is 33.3 Å². The molecule has 46 heavy (non-hydrogen) atoms. The minimum atomic E-state index is -4.52. The number of ether oxygens (including phenoxy) is 1. The first-order valence-corrected chi connectivity index (χ1v) is 15.7. The van der Waals surface area contributed by atoms with Crippen molar-refractivity contribution in [3.8, 4) is 5.75 Å². The summed E-state index contributed by atoms with van der Waals surface area (Å²) in [7, 11) is -2.67. The SMILES string of the molecule is C[C@@H]1CN([C@H](C)CO)C(=O)Cc2cc(NC(=O)Nc3ccc(C(F)(F)F)cc3)ccc2O[C@H]1CN(C)S(=O)(=O)c1ccc(F)cc1. The van der Waals surface area contributed by atoms with Crippen molar-refractivity contribution in [1.82, 2.24) is 9.21 Å². The number of nitrogens with zero attached hydrogens (tertiary/aromatic N) is 2. The van der Waals surface area contributed by atoms with Gasteiger partial charge in [0.05, 0.1) is 36.1 Å². The number of alkyl halides is 3. The average molecular weight is 667 g/mol. The lowest BCUT2D eigenvalue weighted by atomic mass is 10.0. The summed E-state index contributed by atoms with van der Waals surface area (Å²) < 4.78 is 85.9. The Labute approximate surface area is 264 Å². The van der Waals surface area contributed by atoms with E-state index < -0.39 is 51.7 Å². The molecule has 0 bridgehead atoms. The normalized spacial score (nSPS) is 18.1. The van der Waals surface area contributed by atoms with Crippen molar-refractivity contribution in [2.45, 2.75) is 43.5 Å². The highest BCUT2D eigenvalue weighted by molar-refractivity contribution is 7.89. The summed E-state index contributed by atoms with van der Waals surface area (Å²) >= 11 is 0. The molecule has 248 valence electrons. The van der Waals surface area contributed by atoms with Gasteiger partial charge in [-0.25, -0.2) is 17.6 Å². The molecule has 1 aliphatic rings. The van der Waals surface area contributed by atoms with Crippen molar-refractivity contribution in [1.29, 1.82) is 0 Å². The van der Waals surface area contributed by atoms with E-state index in [1.807, 2.05) is 0 Å². The van der Waals surface area contributed by atoms with Gasteiger partial charge in [-0.2, -0.15) is 17.5 Å². The van der Waals surface area contributed by atoms with E-state index in [0.717, 1.165) is 52.8 Å². The molecule has 0 unspecified atom stereocenters. The molecule has 15 heteroatoms. The van der Waals surface area contributed by atoms with Crippen LogP contribution < -0.4 is 15.4 Å². The second-order valence-electron chi connectivity index (χ2n) is 11.1. The van der Waals surface area contributed by atoms with Gasteiger partial charge >= 0.3 is 12.2 Å². The Bertz CT molecular complexity index is 1650. The van der Waals surface area contributed by atoms with Gasteiger partial charge in [-0.05, 0) is 73.7 Å². The van der Waals surface area contributed by atoms with Crippen LogP contribution in [0, 0.1) is 11.7 Å². The second kappa shape index (κ2) is 14.1. The summed E-state index contributed by atoms with van der Waals surface area (Å²) in [6, 6.07) is 11.6. The molecule has 0 fully saturated rings. The fourth-order valence-electron chi connectivity index (χ4n) is 4.90. The number of carbonyl (C=O) groups is 2. The maximum atomic E-state index is 13.4. The summed E-state index contributed by atoms with van der Waals surface area (Å²) in [5.74, 6) is -1.07. The van der Waals surface area contributed by atoms with Gasteiger partial charge in [-0.15, -0.1) is 0 Å². The number of amides is 3. The highest BCUT2D eigenvalue weighted by Crippen LogP contribution is 2.31. The summed E-state index contributed by atoms with van der Waals surface area (Å²) in [5, 5.41) is 14.9. The number of sulfonamides is 1. The zero-order chi connectivity index (χ0) is 33.8. The molecular weight excluding hydrogens is 632 g/mol. The molecule has 10 nitrogen and oxygen atoms in total. The van der Waals surface area contributed by atoms with Crippen LogP contribution in [0.4, 0.5) is 33.7 Å². The van der Waals surface area contributed by atoms with Gasteiger partial charge in [0.1, 0.15) is 17.7 Å². The first-order valence-electron chi connectivity index (χ1n) is 14.3. The quantitative estimate of drug-likeness (QED) is 0.292. The molecule has 0 saturated heterocycles. The van der Waals surface area contributed by atoms with Crippen molar-refractivity contribution in [3.63, 3.8) is 0 Å². The predicted octanol–water partition coefficient (Wildman–Crippen LogP) is 4.96. The molecule has 0 saturated carbocycles. The average Bonchev–Trinajstić information content (AvgIpc) is 3.04. The number of likely N-dealkylation sites (N-methyl/N-ethyl adjacent to an activating group) is 1. The number of aliphatic hydroxyl groups excluding tert-OH is 1. The van der Waals surface area contributed by atoms with Crippen LogP contribution in [0.3, 0.4) is 0 Å². The van der Waals surface area contributed by atoms with Crippen LogP contribution in [0.2, 0.25) is 0 Å². The summed E-state index contributed by atoms with van der Waals surface area (Å²) in [4.78, 5) is 27.5. The summed E-state index contributed by atoms with van der Waals surface area (Å²) in [5.41, 5.74) is -0.120. The maximum absolute atomic E-state index is 13.4. The number of benzene rings is 3. The van der Waals surface area contributed by atoms with Gasteiger partial charge < -0.3 is 25.4 Å². The van der Waals surface area contributed by atoms with Crippen LogP contribution in [0.25, 0.3) is 0 Å². The number of halogens is 4. The van der Waals surface area contributed by atoms with Gasteiger partial charge in [-0.3, -0.25) is 4.79 Å². The number of carbonyl (C=O) groups excluding carboxylic acids is 2. The van der Waals surface area contributed by atoms with Gasteiger partial charge in [0.2, 0.25) is 15.9 Å². The van der Waals surface area contributed by atoms with E-state index in [2.05, 4.69) is 10.6 Å². The summed E-state index contributed by atoms with van der Waals surface area (Å²) in [6.45, 7) is 3.16. The van der Waals surface area contributed by atoms with E-state index in [0.29, 0.717) is 5.56 Å². The molecular formula is C31H34F4N4O6S. The second-order valence-corrected chi connectivity index (χ2v) is 13.1. The predicted molar refractivity (Wildman–Crippen MR) is 162 cm³/mol. The topological polar surface area (TPSA) is 128 Å². The number of hydrogen-bond donors (Lipinski definition) is 3. The standard InChI is InChI=1S/C31H34F4N4O6S/c1-19-16-39(20(2)18-40)29(41)15-21-14-25(37-30(42)36-24-8-4-22(5-9-24)31(33,34)35)10-13-27(21)45-28(19)17-38(3)46(43,44)26-11-6-23(32)7-12-26/h4-14,19-20,28,40H,15-18H2,1-3H3,(H2,36,37,42)/t19-,20-,28+/m1/s1. The number of aliphatic hydroxyl groups is 1. The van der Waals surface area contributed by atoms with Crippen molar-refractivity contribution < 1.29 is 45.4 Å². The Kier molecular flexibility index (Phi) is 10.6. The highest BCUT2D eigenvalue weighted by Gasteiger charge is 2.34. The molecule has 3 aromatic carbocycles. The van der Waals surface area contributed by atoms with Crippen LogP contribution >= 0.6 is 0 Å². The molecule has 1 heterocycles. The molecule has 4 rings (SSSR count). The highest BCUT2D eigenvalue weighted by atomic mass is 32.2. The molecule has 3 aromatic rings. The molecule has 3 atom stereocenters. The third-order valence-electron chi connectivity index (χ3n) is 7.60. The Morgan fingerprint density at radius 3 is 2.28 bits per heavy atom. The first kappa shape index (κ1) is 34.7. The van der Waals surface area contributed by atoms with Gasteiger partial charge in [0.25, 0.3) is 0 Å². The van der Waals surface area contributed by atoms with Crippen LogP contribution in [-0.4, -0.2) is 73.6 Å². The molecule has 0 spiro atoms. The Hall–Kier alpha value is -4.21. The van der Waals surface area contributed by atoms with Crippen LogP contribution in [0.1, 0.15) is 25.0 Å². The lowest BCUT2D eigenvalue weighted by molar-refractivity contribution is -0.137. The van der Waals surface area contributed by atoms with Crippen molar-refractivity contribution in [2.24, 2.45) is 5.92 Å². The number of urea groups is 1. The molecule has 3 amide bonds. The third-order valence-corrected chi connectivity index (χ3v) is 9.44. The zero-order valence-electron chi connectivity index (χ0n) is 25.2. The van der Waals surface area contributed by atoms with Gasteiger partial charge in [-0.1, -0.05) is 6.92 Å². The monoisotopic (exact) mass is 666 g/mol. The number of nitrogens with one attached hydrogen (secondary N) is 2. The van der Waals surface area contributed by atoms with Crippen LogP contribution in [0.5, 0.6) is 5.75 Å². The number of hydrogen-bond acceptors (Lipinski definition) is 6. The first-order chi connectivity index (χ1) is 21.6. The number of rotatable bonds is 8. The van der Waals surface area contributed by atoms with Crippen LogP contribution in [0.15, 0.2) is 71.6 Å². The minimum Gasteiger partial charge on any atom is -0.488 e. The minimum absolute atomic E-state index is 0.108. The zero-order valence-corrected chi connectivity index (χ0v) is 26.0. The third kappa shape index (κ3) is 8.33. The maximum Gasteiger partial charge on any atom is 0.416 e. The Morgan fingerprint density at radius 2 is 1.67 bits per heavy atom. The number of anilines is 2. The lowest BCUT2D eigenvalue weighted by Gasteiger charge is -2.33. The van der Waals surface area contributed by atoms with Gasteiger partial charge in [0, 0.05) is 36.4 Å². The van der Waals surface area contributed by atoms with E-state index in [4.69, 9.17) is 4.74 Å². The van der Waals surface area contributed by atoms with E-state index in [1.54, 1.807) is 13.8 Å². The molecule has 0 radical (unpaired) electrons. The van der Waals surface area contributed by atoms with Crippen LogP contribution in [-0.2, 0) is 27.4 Å². The Morgan fingerprint density at radius 1 is 1.07 bits per heavy atom. The molecule has 0 aliphatic carbocycles. The molecule has 0 aromatic heterocycles. The Balaban J connectivity index is 1.58. The fraction of sp³-hybridized carbons (Fsp3) is 0.355. The van der Waals surface area contributed by atoms with Crippen molar-refractivity contribution in [2.75, 3.05) is 37.4 Å².